The van der Waals surface area contributed by atoms with Crippen LogP contribution < -0.4 is 4.74 Å². The number of ether oxygens (including phenoxy) is 1. The summed E-state index contributed by atoms with van der Waals surface area (Å²) in [6.07, 6.45) is 5.18. The van der Waals surface area contributed by atoms with Crippen LogP contribution in [-0.2, 0) is 26.2 Å². The topological polar surface area (TPSA) is 87.2 Å². The molecule has 0 aliphatic carbocycles. The SMILES string of the molecule is CCCN(CC(=O)N(Cc1ccc(OC)cc1)C1CCN(C(=O)C=Cc2ccccc2)CC1)S(=O)(=O)c1ccccc1. The maximum absolute atomic E-state index is 13.9. The van der Waals surface area contributed by atoms with E-state index >= 15 is 0 Å². The normalized spacial score (nSPS) is 14.3. The second-order valence-corrected chi connectivity index (χ2v) is 12.3. The fraction of sp³-hybridized carbons (Fsp3) is 0.333. The Labute approximate surface area is 249 Å². The van der Waals surface area contributed by atoms with Crippen LogP contribution in [0.4, 0.5) is 0 Å². The zero-order valence-electron chi connectivity index (χ0n) is 24.3. The van der Waals surface area contributed by atoms with Crippen molar-refractivity contribution in [1.82, 2.24) is 14.1 Å². The molecule has 0 N–H and O–H groups in total. The molecule has 8 nitrogen and oxygen atoms in total. The van der Waals surface area contributed by atoms with Gasteiger partial charge in [-0.15, -0.1) is 0 Å². The second-order valence-electron chi connectivity index (χ2n) is 10.3. The number of piperidine rings is 1. The molecule has 3 aromatic rings. The molecule has 1 fully saturated rings. The summed E-state index contributed by atoms with van der Waals surface area (Å²) in [5.74, 6) is 0.399. The summed E-state index contributed by atoms with van der Waals surface area (Å²) in [5, 5.41) is 0. The molecule has 0 bridgehead atoms. The minimum atomic E-state index is -3.84. The number of benzene rings is 3. The highest BCUT2D eigenvalue weighted by molar-refractivity contribution is 7.89. The van der Waals surface area contributed by atoms with E-state index in [0.29, 0.717) is 38.9 Å². The van der Waals surface area contributed by atoms with Crippen molar-refractivity contribution in [2.45, 2.75) is 43.7 Å². The first kappa shape index (κ1) is 31.0. The number of rotatable bonds is 12. The van der Waals surface area contributed by atoms with Crippen LogP contribution in [0.15, 0.2) is 95.9 Å². The summed E-state index contributed by atoms with van der Waals surface area (Å²) in [5.41, 5.74) is 1.88. The summed E-state index contributed by atoms with van der Waals surface area (Å²) >= 11 is 0. The number of carbonyl (C=O) groups is 2. The van der Waals surface area contributed by atoms with Gasteiger partial charge in [0.1, 0.15) is 5.75 Å². The van der Waals surface area contributed by atoms with Crippen molar-refractivity contribution < 1.29 is 22.7 Å². The molecule has 0 radical (unpaired) electrons. The van der Waals surface area contributed by atoms with Crippen LogP contribution in [0.1, 0.15) is 37.3 Å². The number of amides is 2. The summed E-state index contributed by atoms with van der Waals surface area (Å²) in [7, 11) is -2.24. The van der Waals surface area contributed by atoms with Crippen molar-refractivity contribution in [1.29, 1.82) is 0 Å². The molecular formula is C33H39N3O5S. The van der Waals surface area contributed by atoms with Crippen molar-refractivity contribution in [2.75, 3.05) is 33.3 Å². The summed E-state index contributed by atoms with van der Waals surface area (Å²) in [4.78, 5) is 30.5. The molecule has 0 spiro atoms. The van der Waals surface area contributed by atoms with Gasteiger partial charge in [-0.1, -0.05) is 67.6 Å². The highest BCUT2D eigenvalue weighted by Crippen LogP contribution is 2.23. The largest absolute Gasteiger partial charge is 0.497 e. The van der Waals surface area contributed by atoms with Gasteiger partial charge in [-0.05, 0) is 60.7 Å². The van der Waals surface area contributed by atoms with E-state index in [1.54, 1.807) is 53.3 Å². The average Bonchev–Trinajstić information content (AvgIpc) is 3.03. The molecule has 1 saturated heterocycles. The van der Waals surface area contributed by atoms with Gasteiger partial charge in [0.05, 0.1) is 18.6 Å². The van der Waals surface area contributed by atoms with Crippen LogP contribution in [0.3, 0.4) is 0 Å². The van der Waals surface area contributed by atoms with Crippen LogP contribution in [-0.4, -0.2) is 73.7 Å². The third-order valence-corrected chi connectivity index (χ3v) is 9.29. The number of methoxy groups -OCH3 is 1. The molecule has 1 aliphatic rings. The second kappa shape index (κ2) is 14.8. The lowest BCUT2D eigenvalue weighted by Gasteiger charge is -2.39. The molecule has 222 valence electrons. The number of carbonyl (C=O) groups excluding carboxylic acids is 2. The monoisotopic (exact) mass is 589 g/mol. The van der Waals surface area contributed by atoms with E-state index in [1.165, 1.54) is 4.31 Å². The number of likely N-dealkylation sites (tertiary alicyclic amines) is 1. The van der Waals surface area contributed by atoms with Gasteiger partial charge in [0.15, 0.2) is 0 Å². The molecule has 42 heavy (non-hydrogen) atoms. The number of hydrogen-bond acceptors (Lipinski definition) is 5. The zero-order chi connectivity index (χ0) is 30.0. The average molecular weight is 590 g/mol. The number of hydrogen-bond donors (Lipinski definition) is 0. The van der Waals surface area contributed by atoms with Gasteiger partial charge in [0, 0.05) is 38.3 Å². The smallest absolute Gasteiger partial charge is 0.246 e. The fourth-order valence-corrected chi connectivity index (χ4v) is 6.60. The quantitative estimate of drug-likeness (QED) is 0.283. The predicted molar refractivity (Wildman–Crippen MR) is 164 cm³/mol. The van der Waals surface area contributed by atoms with Gasteiger partial charge in [-0.2, -0.15) is 4.31 Å². The van der Waals surface area contributed by atoms with E-state index in [1.807, 2.05) is 67.6 Å². The van der Waals surface area contributed by atoms with Crippen molar-refractivity contribution in [3.63, 3.8) is 0 Å². The van der Waals surface area contributed by atoms with E-state index in [-0.39, 0.29) is 35.8 Å². The van der Waals surface area contributed by atoms with Gasteiger partial charge in [-0.25, -0.2) is 8.42 Å². The van der Waals surface area contributed by atoms with E-state index in [2.05, 4.69) is 0 Å². The van der Waals surface area contributed by atoms with Crippen LogP contribution in [0.25, 0.3) is 6.08 Å². The molecule has 4 rings (SSSR count). The lowest BCUT2D eigenvalue weighted by atomic mass is 10.0. The fourth-order valence-electron chi connectivity index (χ4n) is 5.10. The third kappa shape index (κ3) is 8.08. The first-order valence-electron chi connectivity index (χ1n) is 14.3. The Morgan fingerprint density at radius 3 is 2.14 bits per heavy atom. The van der Waals surface area contributed by atoms with Crippen molar-refractivity contribution in [3.8, 4) is 5.75 Å². The molecule has 9 heteroatoms. The summed E-state index contributed by atoms with van der Waals surface area (Å²) in [6, 6.07) is 25.3. The Hall–Kier alpha value is -3.95. The van der Waals surface area contributed by atoms with Crippen LogP contribution in [0, 0.1) is 0 Å². The van der Waals surface area contributed by atoms with Crippen molar-refractivity contribution in [3.05, 3.63) is 102 Å². The minimum Gasteiger partial charge on any atom is -0.497 e. The molecule has 2 amide bonds. The first-order chi connectivity index (χ1) is 20.3. The third-order valence-electron chi connectivity index (χ3n) is 7.43. The number of sulfonamides is 1. The van der Waals surface area contributed by atoms with E-state index in [9.17, 15) is 18.0 Å². The predicted octanol–water partition coefficient (Wildman–Crippen LogP) is 4.83. The highest BCUT2D eigenvalue weighted by atomic mass is 32.2. The van der Waals surface area contributed by atoms with Crippen molar-refractivity contribution in [2.24, 2.45) is 0 Å². The van der Waals surface area contributed by atoms with Crippen LogP contribution >= 0.6 is 0 Å². The maximum Gasteiger partial charge on any atom is 0.246 e. The number of nitrogens with zero attached hydrogens (tertiary/aromatic N) is 3. The Kier molecular flexibility index (Phi) is 10.9. The van der Waals surface area contributed by atoms with Gasteiger partial charge < -0.3 is 14.5 Å². The van der Waals surface area contributed by atoms with Crippen LogP contribution in [0.2, 0.25) is 0 Å². The van der Waals surface area contributed by atoms with Gasteiger partial charge in [-0.3, -0.25) is 9.59 Å². The van der Waals surface area contributed by atoms with E-state index in [0.717, 1.165) is 16.9 Å². The lowest BCUT2D eigenvalue weighted by molar-refractivity contribution is -0.136. The van der Waals surface area contributed by atoms with Gasteiger partial charge in [0.2, 0.25) is 21.8 Å². The highest BCUT2D eigenvalue weighted by Gasteiger charge is 2.33. The Balaban J connectivity index is 1.50. The summed E-state index contributed by atoms with van der Waals surface area (Å²) in [6.45, 7) is 3.24. The molecule has 0 atom stereocenters. The Morgan fingerprint density at radius 2 is 1.55 bits per heavy atom. The van der Waals surface area contributed by atoms with E-state index < -0.39 is 10.0 Å². The molecule has 1 aliphatic heterocycles. The van der Waals surface area contributed by atoms with Gasteiger partial charge in [0.25, 0.3) is 0 Å². The Morgan fingerprint density at radius 1 is 0.929 bits per heavy atom. The molecule has 0 saturated carbocycles. The zero-order valence-corrected chi connectivity index (χ0v) is 25.1. The molecule has 3 aromatic carbocycles. The molecule has 0 aromatic heterocycles. The standard InChI is InChI=1S/C33H39N3O5S/c1-3-22-35(42(39,40)31-12-8-5-9-13-31)26-33(38)36(25-28-14-17-30(41-2)18-15-28)29-20-23-34(24-21-29)32(37)19-16-27-10-6-4-7-11-27/h4-19,29H,3,20-26H2,1-2H3. The van der Waals surface area contributed by atoms with Crippen molar-refractivity contribution >= 4 is 27.9 Å². The minimum absolute atomic E-state index is 0.0617. The Bertz CT molecular complexity index is 1440. The van der Waals surface area contributed by atoms with Gasteiger partial charge >= 0.3 is 0 Å². The maximum atomic E-state index is 13.9. The van der Waals surface area contributed by atoms with E-state index in [4.69, 9.17) is 4.74 Å². The molecule has 0 unspecified atom stereocenters. The lowest BCUT2D eigenvalue weighted by Crippen LogP contribution is -2.51. The van der Waals surface area contributed by atoms with Crippen LogP contribution in [0.5, 0.6) is 5.75 Å². The molecular weight excluding hydrogens is 550 g/mol. The molecule has 1 heterocycles. The summed E-state index contributed by atoms with van der Waals surface area (Å²) < 4.78 is 33.5. The first-order valence-corrected chi connectivity index (χ1v) is 15.8.